The average Bonchev–Trinajstić information content (AvgIpc) is 2.20. The maximum atomic E-state index is 11.2. The summed E-state index contributed by atoms with van der Waals surface area (Å²) in [5.74, 6) is -0.327. The number of hydrogen-bond donors (Lipinski definition) is 1. The minimum Gasteiger partial charge on any atom is -0.451 e. The quantitative estimate of drug-likeness (QED) is 0.619. The molecule has 3 nitrogen and oxygen atoms in total. The zero-order valence-corrected chi connectivity index (χ0v) is 11.8. The second-order valence-corrected chi connectivity index (χ2v) is 5.28. The van der Waals surface area contributed by atoms with E-state index in [1.165, 1.54) is 6.92 Å². The molecule has 0 saturated heterocycles. The predicted molar refractivity (Wildman–Crippen MR) is 72.1 cm³/mol. The fourth-order valence-electron chi connectivity index (χ4n) is 2.38. The van der Waals surface area contributed by atoms with Crippen molar-refractivity contribution in [3.8, 4) is 0 Å². The number of rotatable bonds is 3. The number of aliphatic hydroxyl groups excluding tert-OH is 1. The molecule has 0 bridgehead atoms. The first-order valence-corrected chi connectivity index (χ1v) is 6.09. The van der Waals surface area contributed by atoms with Gasteiger partial charge in [-0.1, -0.05) is 12.2 Å². The van der Waals surface area contributed by atoms with Crippen molar-refractivity contribution in [1.29, 1.82) is 0 Å². The Labute approximate surface area is 109 Å². The molecule has 0 fully saturated rings. The smallest absolute Gasteiger partial charge is 0.303 e. The van der Waals surface area contributed by atoms with E-state index in [9.17, 15) is 9.90 Å². The van der Waals surface area contributed by atoms with Gasteiger partial charge in [0, 0.05) is 6.92 Å². The highest BCUT2D eigenvalue weighted by atomic mass is 16.6. The third-order valence-electron chi connectivity index (χ3n) is 3.34. The molecule has 0 aromatic rings. The summed E-state index contributed by atoms with van der Waals surface area (Å²) in [4.78, 5) is 11.2. The molecule has 2 unspecified atom stereocenters. The molecule has 0 radical (unpaired) electrons. The van der Waals surface area contributed by atoms with Crippen molar-refractivity contribution in [2.75, 3.05) is 0 Å². The Morgan fingerprint density at radius 2 is 2.06 bits per heavy atom. The highest BCUT2D eigenvalue weighted by molar-refractivity contribution is 5.68. The average molecular weight is 250 g/mol. The molecule has 1 aliphatic carbocycles. The molecule has 0 aromatic carbocycles. The van der Waals surface area contributed by atoms with Gasteiger partial charge in [0.05, 0.1) is 6.10 Å². The highest BCUT2D eigenvalue weighted by Crippen LogP contribution is 2.37. The first kappa shape index (κ1) is 14.7. The van der Waals surface area contributed by atoms with Gasteiger partial charge in [-0.3, -0.25) is 4.79 Å². The van der Waals surface area contributed by atoms with Crippen molar-refractivity contribution in [2.45, 2.75) is 52.7 Å². The fraction of sp³-hybridized carbons (Fsp3) is 0.533. The van der Waals surface area contributed by atoms with Gasteiger partial charge in [0.15, 0.2) is 0 Å². The van der Waals surface area contributed by atoms with E-state index in [0.29, 0.717) is 6.42 Å². The molecule has 3 heteroatoms. The van der Waals surface area contributed by atoms with Crippen LogP contribution in [0.5, 0.6) is 0 Å². The van der Waals surface area contributed by atoms with Gasteiger partial charge in [-0.15, -0.1) is 0 Å². The number of hydrogen-bond acceptors (Lipinski definition) is 3. The van der Waals surface area contributed by atoms with Crippen LogP contribution in [-0.2, 0) is 9.53 Å². The van der Waals surface area contributed by atoms with Gasteiger partial charge in [0.1, 0.15) is 5.60 Å². The normalized spacial score (nSPS) is 27.9. The van der Waals surface area contributed by atoms with E-state index < -0.39 is 11.7 Å². The van der Waals surface area contributed by atoms with E-state index in [1.807, 2.05) is 33.8 Å². The molecule has 0 heterocycles. The SMILES string of the molecule is C=C(C)CC1=C(C)C(C)(OC(C)=O)C=C(C)C1O. The van der Waals surface area contributed by atoms with Crippen LogP contribution in [0.15, 0.2) is 34.9 Å². The molecule has 18 heavy (non-hydrogen) atoms. The Morgan fingerprint density at radius 3 is 2.50 bits per heavy atom. The van der Waals surface area contributed by atoms with E-state index in [4.69, 9.17) is 4.74 Å². The lowest BCUT2D eigenvalue weighted by atomic mass is 9.79. The van der Waals surface area contributed by atoms with Crippen LogP contribution in [0.4, 0.5) is 0 Å². The zero-order valence-electron chi connectivity index (χ0n) is 11.8. The van der Waals surface area contributed by atoms with Gasteiger partial charge in [-0.2, -0.15) is 0 Å². The number of esters is 1. The number of aliphatic hydroxyl groups is 1. The lowest BCUT2D eigenvalue weighted by Crippen LogP contribution is -2.37. The molecule has 0 aliphatic heterocycles. The topological polar surface area (TPSA) is 46.5 Å². The first-order valence-electron chi connectivity index (χ1n) is 6.09. The third kappa shape index (κ3) is 2.91. The molecule has 0 spiro atoms. The summed E-state index contributed by atoms with van der Waals surface area (Å²) in [7, 11) is 0. The maximum absolute atomic E-state index is 11.2. The number of ether oxygens (including phenoxy) is 1. The first-order chi connectivity index (χ1) is 8.17. The monoisotopic (exact) mass is 250 g/mol. The van der Waals surface area contributed by atoms with E-state index >= 15 is 0 Å². The highest BCUT2D eigenvalue weighted by Gasteiger charge is 2.36. The molecule has 1 aliphatic rings. The van der Waals surface area contributed by atoms with Crippen LogP contribution in [0.2, 0.25) is 0 Å². The van der Waals surface area contributed by atoms with Crippen LogP contribution in [-0.4, -0.2) is 22.8 Å². The van der Waals surface area contributed by atoms with Gasteiger partial charge < -0.3 is 9.84 Å². The lowest BCUT2D eigenvalue weighted by Gasteiger charge is -2.36. The minimum absolute atomic E-state index is 0.327. The van der Waals surface area contributed by atoms with Crippen molar-refractivity contribution < 1.29 is 14.6 Å². The number of carbonyl (C=O) groups excluding carboxylic acids is 1. The summed E-state index contributed by atoms with van der Waals surface area (Å²) in [5.41, 5.74) is 2.79. The molecule has 1 rings (SSSR count). The summed E-state index contributed by atoms with van der Waals surface area (Å²) in [6, 6.07) is 0. The molecule has 2 atom stereocenters. The summed E-state index contributed by atoms with van der Waals surface area (Å²) in [6.07, 6.45) is 1.83. The van der Waals surface area contributed by atoms with Gasteiger partial charge >= 0.3 is 5.97 Å². The van der Waals surface area contributed by atoms with Gasteiger partial charge in [-0.05, 0) is 56.9 Å². The predicted octanol–water partition coefficient (Wildman–Crippen LogP) is 2.91. The van der Waals surface area contributed by atoms with E-state index in [1.54, 1.807) is 0 Å². The largest absolute Gasteiger partial charge is 0.451 e. The summed E-state index contributed by atoms with van der Waals surface area (Å²) >= 11 is 0. The Bertz CT molecular complexity index is 443. The summed E-state index contributed by atoms with van der Waals surface area (Å²) < 4.78 is 5.41. The molecular weight excluding hydrogens is 228 g/mol. The third-order valence-corrected chi connectivity index (χ3v) is 3.34. The van der Waals surface area contributed by atoms with Crippen LogP contribution < -0.4 is 0 Å². The van der Waals surface area contributed by atoms with Crippen LogP contribution >= 0.6 is 0 Å². The second-order valence-electron chi connectivity index (χ2n) is 5.28. The van der Waals surface area contributed by atoms with Crippen molar-refractivity contribution >= 4 is 5.97 Å². The molecule has 100 valence electrons. The van der Waals surface area contributed by atoms with Crippen LogP contribution in [0.1, 0.15) is 41.0 Å². The molecule has 1 N–H and O–H groups in total. The Balaban J connectivity index is 3.23. The Hall–Kier alpha value is -1.35. The molecule has 0 amide bonds. The second kappa shape index (κ2) is 5.11. The molecular formula is C15H22O3. The Kier molecular flexibility index (Phi) is 4.17. The molecule has 0 aromatic heterocycles. The summed E-state index contributed by atoms with van der Waals surface area (Å²) in [5, 5.41) is 10.2. The Morgan fingerprint density at radius 1 is 1.50 bits per heavy atom. The summed E-state index contributed by atoms with van der Waals surface area (Å²) in [6.45, 7) is 12.8. The van der Waals surface area contributed by atoms with E-state index in [-0.39, 0.29) is 5.97 Å². The lowest BCUT2D eigenvalue weighted by molar-refractivity contribution is -0.148. The van der Waals surface area contributed by atoms with Gasteiger partial charge in [0.2, 0.25) is 0 Å². The van der Waals surface area contributed by atoms with Crippen molar-refractivity contribution in [3.63, 3.8) is 0 Å². The van der Waals surface area contributed by atoms with Gasteiger partial charge in [-0.25, -0.2) is 0 Å². The van der Waals surface area contributed by atoms with Crippen molar-refractivity contribution in [3.05, 3.63) is 34.9 Å². The van der Waals surface area contributed by atoms with Crippen LogP contribution in [0, 0.1) is 0 Å². The number of carbonyl (C=O) groups is 1. The molecule has 0 saturated carbocycles. The van der Waals surface area contributed by atoms with E-state index in [2.05, 4.69) is 6.58 Å². The number of allylic oxidation sites excluding steroid dienone is 1. The van der Waals surface area contributed by atoms with Crippen LogP contribution in [0.25, 0.3) is 0 Å². The van der Waals surface area contributed by atoms with E-state index in [0.717, 1.165) is 22.3 Å². The fourth-order valence-corrected chi connectivity index (χ4v) is 2.38. The van der Waals surface area contributed by atoms with Crippen molar-refractivity contribution in [1.82, 2.24) is 0 Å². The minimum atomic E-state index is -0.764. The maximum Gasteiger partial charge on any atom is 0.303 e. The van der Waals surface area contributed by atoms with Crippen LogP contribution in [0.3, 0.4) is 0 Å². The van der Waals surface area contributed by atoms with Gasteiger partial charge in [0.25, 0.3) is 0 Å². The van der Waals surface area contributed by atoms with Crippen molar-refractivity contribution in [2.24, 2.45) is 0 Å². The zero-order chi connectivity index (χ0) is 14.1. The standard InChI is InChI=1S/C15H22O3/c1-9(2)7-13-11(4)15(6,18-12(5)16)8-10(3)14(13)17/h8,14,17H,1,7H2,2-6H3.